The summed E-state index contributed by atoms with van der Waals surface area (Å²) in [6.45, 7) is 3.74. The van der Waals surface area contributed by atoms with Gasteiger partial charge >= 0.3 is 5.97 Å². The molecule has 26 heavy (non-hydrogen) atoms. The Morgan fingerprint density at radius 3 is 2.54 bits per heavy atom. The van der Waals surface area contributed by atoms with E-state index in [9.17, 15) is 4.79 Å². The molecule has 0 bridgehead atoms. The molecule has 1 aromatic heterocycles. The number of carbonyl (C=O) groups excluding carboxylic acids is 1. The number of aryl methyl sites for hydroxylation is 1. The second kappa shape index (κ2) is 8.36. The average Bonchev–Trinajstić information content (AvgIpc) is 2.69. The summed E-state index contributed by atoms with van der Waals surface area (Å²) in [5, 5.41) is 0.411. The molecule has 0 spiro atoms. The number of ether oxygens (including phenoxy) is 2. The van der Waals surface area contributed by atoms with Gasteiger partial charge in [0.2, 0.25) is 5.95 Å². The van der Waals surface area contributed by atoms with Crippen molar-refractivity contribution in [3.8, 4) is 5.75 Å². The lowest BCUT2D eigenvalue weighted by molar-refractivity contribution is 0.0600. The van der Waals surface area contributed by atoms with Crippen LogP contribution in [0.2, 0.25) is 5.02 Å². The molecule has 2 aromatic rings. The highest BCUT2D eigenvalue weighted by Crippen LogP contribution is 2.29. The summed E-state index contributed by atoms with van der Waals surface area (Å²) in [6, 6.07) is 4.94. The summed E-state index contributed by atoms with van der Waals surface area (Å²) in [7, 11) is 1.34. The highest BCUT2D eigenvalue weighted by molar-refractivity contribution is 6.32. The van der Waals surface area contributed by atoms with Crippen LogP contribution in [0.5, 0.6) is 5.75 Å². The second-order valence-corrected chi connectivity index (χ2v) is 6.59. The first-order valence-electron chi connectivity index (χ1n) is 8.71. The lowest BCUT2D eigenvalue weighted by Crippen LogP contribution is -2.39. The molecule has 0 radical (unpaired) electrons. The number of carbonyl (C=O) groups is 1. The van der Waals surface area contributed by atoms with Crippen molar-refractivity contribution in [2.24, 2.45) is 0 Å². The van der Waals surface area contributed by atoms with Crippen LogP contribution in [0.4, 0.5) is 5.95 Å². The number of hydrogen-bond acceptors (Lipinski definition) is 6. The zero-order chi connectivity index (χ0) is 18.5. The summed E-state index contributed by atoms with van der Waals surface area (Å²) in [5.74, 6) is 0.934. The maximum absolute atomic E-state index is 11.5. The molecule has 0 aliphatic carbocycles. The van der Waals surface area contributed by atoms with Gasteiger partial charge in [-0.25, -0.2) is 14.8 Å². The molecule has 0 amide bonds. The van der Waals surface area contributed by atoms with Gasteiger partial charge < -0.3 is 14.4 Å². The zero-order valence-electron chi connectivity index (χ0n) is 14.9. The number of anilines is 1. The Morgan fingerprint density at radius 1 is 1.27 bits per heavy atom. The fourth-order valence-corrected chi connectivity index (χ4v) is 3.11. The van der Waals surface area contributed by atoms with Crippen LogP contribution in [-0.2, 0) is 11.2 Å². The number of rotatable bonds is 5. The maximum Gasteiger partial charge on any atom is 0.337 e. The number of hydrogen-bond donors (Lipinski definition) is 0. The highest BCUT2D eigenvalue weighted by Gasteiger charge is 2.23. The molecule has 138 valence electrons. The van der Waals surface area contributed by atoms with E-state index in [1.54, 1.807) is 18.2 Å². The lowest BCUT2D eigenvalue weighted by Gasteiger charge is -2.32. The monoisotopic (exact) mass is 375 g/mol. The van der Waals surface area contributed by atoms with Crippen LogP contribution in [0.3, 0.4) is 0 Å². The van der Waals surface area contributed by atoms with Crippen molar-refractivity contribution in [1.82, 2.24) is 9.97 Å². The summed E-state index contributed by atoms with van der Waals surface area (Å²) in [4.78, 5) is 22.6. The van der Waals surface area contributed by atoms with Crippen LogP contribution in [0.1, 0.15) is 35.7 Å². The highest BCUT2D eigenvalue weighted by atomic mass is 35.5. The van der Waals surface area contributed by atoms with Crippen LogP contribution >= 0.6 is 11.6 Å². The van der Waals surface area contributed by atoms with Gasteiger partial charge in [0.25, 0.3) is 0 Å². The molecule has 1 aliphatic heterocycles. The molecule has 1 saturated heterocycles. The molecule has 1 aliphatic rings. The number of methoxy groups -OCH3 is 1. The van der Waals surface area contributed by atoms with E-state index < -0.39 is 5.97 Å². The molecule has 0 N–H and O–H groups in total. The molecule has 3 rings (SSSR count). The quantitative estimate of drug-likeness (QED) is 0.745. The largest absolute Gasteiger partial charge is 0.489 e. The Morgan fingerprint density at radius 2 is 1.96 bits per heavy atom. The second-order valence-electron chi connectivity index (χ2n) is 6.19. The fourth-order valence-electron chi connectivity index (χ4n) is 2.89. The Kier molecular flexibility index (Phi) is 5.93. The normalized spacial score (nSPS) is 15.0. The summed E-state index contributed by atoms with van der Waals surface area (Å²) in [5.41, 5.74) is 1.55. The number of benzene rings is 1. The van der Waals surface area contributed by atoms with Gasteiger partial charge in [0.15, 0.2) is 0 Å². The number of halogens is 1. The lowest BCUT2D eigenvalue weighted by atomic mass is 10.1. The third-order valence-electron chi connectivity index (χ3n) is 4.47. The van der Waals surface area contributed by atoms with Crippen molar-refractivity contribution in [2.45, 2.75) is 32.3 Å². The van der Waals surface area contributed by atoms with E-state index in [1.165, 1.54) is 7.11 Å². The molecular weight excluding hydrogens is 354 g/mol. The summed E-state index contributed by atoms with van der Waals surface area (Å²) in [6.07, 6.45) is 6.48. The minimum Gasteiger partial charge on any atom is -0.489 e. The molecule has 0 saturated carbocycles. The van der Waals surface area contributed by atoms with Crippen LogP contribution in [-0.4, -0.2) is 42.2 Å². The summed E-state index contributed by atoms with van der Waals surface area (Å²) < 4.78 is 10.7. The fraction of sp³-hybridized carbons (Fsp3) is 0.421. The van der Waals surface area contributed by atoms with Crippen molar-refractivity contribution < 1.29 is 14.3 Å². The van der Waals surface area contributed by atoms with Crippen LogP contribution < -0.4 is 9.64 Å². The van der Waals surface area contributed by atoms with Crippen molar-refractivity contribution >= 4 is 23.5 Å². The first-order chi connectivity index (χ1) is 12.6. The van der Waals surface area contributed by atoms with E-state index in [0.717, 1.165) is 43.9 Å². The molecule has 0 atom stereocenters. The van der Waals surface area contributed by atoms with Crippen LogP contribution in [0, 0.1) is 0 Å². The smallest absolute Gasteiger partial charge is 0.337 e. The Hall–Kier alpha value is -2.34. The molecule has 6 nitrogen and oxygen atoms in total. The van der Waals surface area contributed by atoms with Crippen molar-refractivity contribution in [3.63, 3.8) is 0 Å². The van der Waals surface area contributed by atoms with E-state index in [-0.39, 0.29) is 6.10 Å². The SMILES string of the molecule is CCc1cnc(N2CCC(Oc3ccc(C(=O)OC)cc3Cl)CC2)nc1. The third-order valence-corrected chi connectivity index (χ3v) is 4.77. The number of aromatic nitrogens is 2. The van der Waals surface area contributed by atoms with Gasteiger partial charge in [-0.2, -0.15) is 0 Å². The van der Waals surface area contributed by atoms with Gasteiger partial charge in [0, 0.05) is 38.3 Å². The first-order valence-corrected chi connectivity index (χ1v) is 9.09. The van der Waals surface area contributed by atoms with E-state index in [1.807, 2.05) is 12.4 Å². The third kappa shape index (κ3) is 4.25. The van der Waals surface area contributed by atoms with E-state index in [2.05, 4.69) is 21.8 Å². The predicted molar refractivity (Wildman–Crippen MR) is 100 cm³/mol. The first kappa shape index (κ1) is 18.5. The average molecular weight is 376 g/mol. The molecule has 0 unspecified atom stereocenters. The van der Waals surface area contributed by atoms with Crippen LogP contribution in [0.15, 0.2) is 30.6 Å². The molecular formula is C19H22ClN3O3. The van der Waals surface area contributed by atoms with E-state index in [4.69, 9.17) is 21.1 Å². The van der Waals surface area contributed by atoms with Gasteiger partial charge in [0.1, 0.15) is 11.9 Å². The number of nitrogens with zero attached hydrogens (tertiary/aromatic N) is 3. The van der Waals surface area contributed by atoms with Gasteiger partial charge in [0.05, 0.1) is 17.7 Å². The standard InChI is InChI=1S/C19H22ClN3O3/c1-3-13-11-21-19(22-12-13)23-8-6-15(7-9-23)26-17-5-4-14(10-16(17)20)18(24)25-2/h4-5,10-12,15H,3,6-9H2,1-2H3. The minimum absolute atomic E-state index is 0.0719. The minimum atomic E-state index is -0.416. The van der Waals surface area contributed by atoms with Crippen molar-refractivity contribution in [3.05, 3.63) is 46.7 Å². The zero-order valence-corrected chi connectivity index (χ0v) is 15.7. The van der Waals surface area contributed by atoms with Crippen molar-refractivity contribution in [1.29, 1.82) is 0 Å². The van der Waals surface area contributed by atoms with Gasteiger partial charge in [-0.05, 0) is 30.2 Å². The maximum atomic E-state index is 11.5. The topological polar surface area (TPSA) is 64.6 Å². The van der Waals surface area contributed by atoms with Gasteiger partial charge in [-0.3, -0.25) is 0 Å². The number of esters is 1. The predicted octanol–water partition coefficient (Wildman–Crippen LogP) is 3.53. The van der Waals surface area contributed by atoms with E-state index in [0.29, 0.717) is 16.3 Å². The molecule has 1 aromatic carbocycles. The van der Waals surface area contributed by atoms with Gasteiger partial charge in [-0.15, -0.1) is 0 Å². The van der Waals surface area contributed by atoms with Crippen LogP contribution in [0.25, 0.3) is 0 Å². The van der Waals surface area contributed by atoms with E-state index >= 15 is 0 Å². The Bertz CT molecular complexity index is 759. The number of piperidine rings is 1. The Balaban J connectivity index is 1.57. The van der Waals surface area contributed by atoms with Crippen molar-refractivity contribution in [2.75, 3.05) is 25.1 Å². The molecule has 7 heteroatoms. The molecule has 2 heterocycles. The summed E-state index contributed by atoms with van der Waals surface area (Å²) >= 11 is 6.24. The Labute approximate surface area is 158 Å². The molecule has 1 fully saturated rings. The van der Waals surface area contributed by atoms with Gasteiger partial charge in [-0.1, -0.05) is 18.5 Å².